The van der Waals surface area contributed by atoms with Crippen LogP contribution in [-0.2, 0) is 4.79 Å². The summed E-state index contributed by atoms with van der Waals surface area (Å²) >= 11 is 0. The van der Waals surface area contributed by atoms with Crippen LogP contribution < -0.4 is 0 Å². The lowest BCUT2D eigenvalue weighted by Gasteiger charge is -2.13. The predicted molar refractivity (Wildman–Crippen MR) is 57.2 cm³/mol. The minimum Gasteiger partial charge on any atom is -0.286 e. The van der Waals surface area contributed by atoms with Crippen LogP contribution in [-0.4, -0.2) is 22.7 Å². The van der Waals surface area contributed by atoms with Crippen LogP contribution >= 0.6 is 0 Å². The van der Waals surface area contributed by atoms with Gasteiger partial charge in [0.05, 0.1) is 0 Å². The molecule has 1 N–H and O–H groups in total. The Hall–Kier alpha value is -0.570. The fourth-order valence-corrected chi connectivity index (χ4v) is 1.35. The van der Waals surface area contributed by atoms with E-state index < -0.39 is 0 Å². The smallest absolute Gasteiger partial charge is 0.245 e. The number of carbonyl (C=O) groups is 1. The van der Waals surface area contributed by atoms with Gasteiger partial charge >= 0.3 is 0 Å². The van der Waals surface area contributed by atoms with Crippen molar-refractivity contribution in [1.29, 1.82) is 0 Å². The highest BCUT2D eigenvalue weighted by Gasteiger charge is 2.06. The summed E-state index contributed by atoms with van der Waals surface area (Å²) < 4.78 is 0. The third-order valence-corrected chi connectivity index (χ3v) is 2.31. The molecule has 0 spiro atoms. The largest absolute Gasteiger partial charge is 0.286 e. The average Bonchev–Trinajstić information content (AvgIpc) is 2.21. The van der Waals surface area contributed by atoms with Crippen molar-refractivity contribution in [2.24, 2.45) is 0 Å². The summed E-state index contributed by atoms with van der Waals surface area (Å²) in [5.41, 5.74) is 0. The summed E-state index contributed by atoms with van der Waals surface area (Å²) in [6.07, 6.45) is 7.41. The second-order valence-electron chi connectivity index (χ2n) is 3.64. The third kappa shape index (κ3) is 6.89. The zero-order chi connectivity index (χ0) is 10.8. The first-order valence-electron chi connectivity index (χ1n) is 5.71. The van der Waals surface area contributed by atoms with E-state index in [4.69, 9.17) is 0 Å². The van der Waals surface area contributed by atoms with Crippen LogP contribution in [0.5, 0.6) is 0 Å². The van der Waals surface area contributed by atoms with E-state index in [1.165, 1.54) is 25.7 Å². The number of rotatable bonds is 8. The van der Waals surface area contributed by atoms with Gasteiger partial charge in [-0.2, -0.15) is 0 Å². The van der Waals surface area contributed by atoms with Crippen molar-refractivity contribution < 1.29 is 10.0 Å². The monoisotopic (exact) mass is 201 g/mol. The number of amides is 1. The molecule has 0 saturated carbocycles. The molecule has 0 aromatic heterocycles. The van der Waals surface area contributed by atoms with E-state index in [-0.39, 0.29) is 5.91 Å². The Balaban J connectivity index is 3.23. The fraction of sp³-hybridized carbons (Fsp3) is 0.909. The molecule has 0 atom stereocenters. The Bertz CT molecular complexity index is 148. The number of hydrogen-bond acceptors (Lipinski definition) is 2. The maximum absolute atomic E-state index is 11.0. The highest BCUT2D eigenvalue weighted by Crippen LogP contribution is 2.05. The lowest BCUT2D eigenvalue weighted by Crippen LogP contribution is -2.27. The molecule has 0 saturated heterocycles. The Kier molecular flexibility index (Phi) is 8.64. The minimum absolute atomic E-state index is 0.182. The van der Waals surface area contributed by atoms with E-state index in [1.54, 1.807) is 6.92 Å². The van der Waals surface area contributed by atoms with E-state index >= 15 is 0 Å². The molecule has 0 unspecified atom stereocenters. The topological polar surface area (TPSA) is 40.5 Å². The maximum atomic E-state index is 11.0. The van der Waals surface area contributed by atoms with Gasteiger partial charge < -0.3 is 0 Å². The van der Waals surface area contributed by atoms with Crippen LogP contribution in [0.2, 0.25) is 0 Å². The van der Waals surface area contributed by atoms with Gasteiger partial charge in [0.15, 0.2) is 0 Å². The molecule has 0 aromatic rings. The summed E-state index contributed by atoms with van der Waals surface area (Å²) in [7, 11) is 0. The number of carbonyl (C=O) groups excluding carboxylic acids is 1. The molecule has 84 valence electrons. The molecule has 3 nitrogen and oxygen atoms in total. The van der Waals surface area contributed by atoms with Crippen molar-refractivity contribution >= 4 is 5.91 Å². The fourth-order valence-electron chi connectivity index (χ4n) is 1.35. The van der Waals surface area contributed by atoms with Crippen molar-refractivity contribution in [3.8, 4) is 0 Å². The van der Waals surface area contributed by atoms with Gasteiger partial charge in [0.25, 0.3) is 0 Å². The van der Waals surface area contributed by atoms with Gasteiger partial charge in [-0.05, 0) is 6.42 Å². The number of nitrogens with zero attached hydrogens (tertiary/aromatic N) is 1. The van der Waals surface area contributed by atoms with Gasteiger partial charge in [-0.1, -0.05) is 46.0 Å². The summed E-state index contributed by atoms with van der Waals surface area (Å²) in [6, 6.07) is 0. The van der Waals surface area contributed by atoms with E-state index in [0.29, 0.717) is 13.0 Å². The molecule has 0 aromatic carbocycles. The van der Waals surface area contributed by atoms with Crippen molar-refractivity contribution in [2.75, 3.05) is 6.54 Å². The van der Waals surface area contributed by atoms with Gasteiger partial charge in [-0.15, -0.1) is 0 Å². The normalized spacial score (nSPS) is 10.2. The number of unbranched alkanes of at least 4 members (excludes halogenated alkanes) is 5. The lowest BCUT2D eigenvalue weighted by molar-refractivity contribution is -0.165. The van der Waals surface area contributed by atoms with E-state index in [2.05, 4.69) is 6.92 Å². The van der Waals surface area contributed by atoms with Gasteiger partial charge in [0.1, 0.15) is 0 Å². The summed E-state index contributed by atoms with van der Waals surface area (Å²) in [5, 5.41) is 10.1. The van der Waals surface area contributed by atoms with Crippen LogP contribution in [0.25, 0.3) is 0 Å². The molecule has 0 rings (SSSR count). The van der Waals surface area contributed by atoms with Crippen LogP contribution in [0.15, 0.2) is 0 Å². The minimum atomic E-state index is -0.182. The Morgan fingerprint density at radius 2 is 1.64 bits per heavy atom. The predicted octanol–water partition coefficient (Wildman–Crippen LogP) is 2.97. The van der Waals surface area contributed by atoms with Gasteiger partial charge in [-0.3, -0.25) is 10.0 Å². The van der Waals surface area contributed by atoms with E-state index in [1.807, 2.05) is 0 Å². The van der Waals surface area contributed by atoms with Gasteiger partial charge in [0.2, 0.25) is 5.91 Å². The van der Waals surface area contributed by atoms with Crippen molar-refractivity contribution in [3.05, 3.63) is 0 Å². The van der Waals surface area contributed by atoms with Crippen molar-refractivity contribution in [1.82, 2.24) is 5.06 Å². The van der Waals surface area contributed by atoms with Gasteiger partial charge in [0, 0.05) is 13.0 Å². The summed E-state index contributed by atoms with van der Waals surface area (Å²) in [6.45, 7) is 4.43. The zero-order valence-corrected chi connectivity index (χ0v) is 9.46. The number of hydroxylamine groups is 2. The highest BCUT2D eigenvalue weighted by atomic mass is 16.5. The molecule has 0 aliphatic carbocycles. The van der Waals surface area contributed by atoms with E-state index in [9.17, 15) is 10.0 Å². The molecule has 3 heteroatoms. The van der Waals surface area contributed by atoms with Crippen LogP contribution in [0, 0.1) is 0 Å². The Morgan fingerprint density at radius 3 is 2.21 bits per heavy atom. The molecule has 0 bridgehead atoms. The second kappa shape index (κ2) is 9.00. The standard InChI is InChI=1S/C11H23NO2/c1-3-5-6-7-8-9-10-12(14)11(13)4-2/h14H,3-10H2,1-2H3. The molecular weight excluding hydrogens is 178 g/mol. The molecular formula is C11H23NO2. The van der Waals surface area contributed by atoms with Crippen LogP contribution in [0.4, 0.5) is 0 Å². The SMILES string of the molecule is CCCCCCCCN(O)C(=O)CC. The zero-order valence-electron chi connectivity index (χ0n) is 9.46. The summed E-state index contributed by atoms with van der Waals surface area (Å²) in [4.78, 5) is 11.0. The molecule has 0 fully saturated rings. The summed E-state index contributed by atoms with van der Waals surface area (Å²) in [5.74, 6) is -0.182. The Labute approximate surface area is 87.1 Å². The molecule has 0 aliphatic heterocycles. The maximum Gasteiger partial charge on any atom is 0.245 e. The highest BCUT2D eigenvalue weighted by molar-refractivity contribution is 5.74. The van der Waals surface area contributed by atoms with Gasteiger partial charge in [-0.25, -0.2) is 5.06 Å². The van der Waals surface area contributed by atoms with Crippen LogP contribution in [0.1, 0.15) is 58.8 Å². The first kappa shape index (κ1) is 13.4. The third-order valence-electron chi connectivity index (χ3n) is 2.31. The average molecular weight is 201 g/mol. The molecule has 0 aliphatic rings. The first-order chi connectivity index (χ1) is 6.72. The number of hydrogen-bond donors (Lipinski definition) is 1. The molecule has 1 amide bonds. The lowest BCUT2D eigenvalue weighted by atomic mass is 10.1. The van der Waals surface area contributed by atoms with E-state index in [0.717, 1.165) is 17.9 Å². The van der Waals surface area contributed by atoms with Crippen molar-refractivity contribution in [3.63, 3.8) is 0 Å². The molecule has 0 heterocycles. The Morgan fingerprint density at radius 1 is 1.07 bits per heavy atom. The molecule has 0 radical (unpaired) electrons. The van der Waals surface area contributed by atoms with Crippen molar-refractivity contribution in [2.45, 2.75) is 58.8 Å². The second-order valence-corrected chi connectivity index (χ2v) is 3.64. The first-order valence-corrected chi connectivity index (χ1v) is 5.71. The van der Waals surface area contributed by atoms with Crippen LogP contribution in [0.3, 0.4) is 0 Å². The molecule has 14 heavy (non-hydrogen) atoms. The quantitative estimate of drug-likeness (QED) is 0.372.